The molecule has 0 radical (unpaired) electrons. The molecule has 31 heavy (non-hydrogen) atoms. The summed E-state index contributed by atoms with van der Waals surface area (Å²) in [4.78, 5) is 13.1. The molecule has 1 fully saturated rings. The number of halogens is 1. The topological polar surface area (TPSA) is 80.6 Å². The Morgan fingerprint density at radius 3 is 2.39 bits per heavy atom. The number of carbonyl (C=O) groups is 1. The summed E-state index contributed by atoms with van der Waals surface area (Å²) in [6.45, 7) is 5.74. The van der Waals surface area contributed by atoms with E-state index >= 15 is 0 Å². The molecule has 1 amide bonds. The third-order valence-electron chi connectivity index (χ3n) is 6.05. The van der Waals surface area contributed by atoms with Gasteiger partial charge in [-0.25, -0.2) is 12.8 Å². The van der Waals surface area contributed by atoms with Gasteiger partial charge in [0, 0.05) is 51.5 Å². The van der Waals surface area contributed by atoms with Crippen molar-refractivity contribution in [1.82, 2.24) is 14.2 Å². The van der Waals surface area contributed by atoms with Crippen LogP contribution in [0.25, 0.3) is 0 Å². The summed E-state index contributed by atoms with van der Waals surface area (Å²) in [5.41, 5.74) is 0.865. The fourth-order valence-corrected chi connectivity index (χ4v) is 5.62. The average Bonchev–Trinajstić information content (AvgIpc) is 3.16. The van der Waals surface area contributed by atoms with Crippen molar-refractivity contribution < 1.29 is 22.3 Å². The van der Waals surface area contributed by atoms with E-state index in [1.165, 1.54) is 33.3 Å². The molecule has 1 aliphatic heterocycles. The number of carbonyl (C=O) groups excluding carboxylic acids is 1. The van der Waals surface area contributed by atoms with Gasteiger partial charge in [0.1, 0.15) is 16.4 Å². The second-order valence-electron chi connectivity index (χ2n) is 7.84. The molecule has 1 saturated heterocycles. The number of sulfonamides is 1. The van der Waals surface area contributed by atoms with E-state index < -0.39 is 10.0 Å². The number of nitrogens with one attached hydrogen (secondary N) is 1. The Labute approximate surface area is 183 Å². The number of hydrogen-bond donors (Lipinski definition) is 1. The van der Waals surface area contributed by atoms with Gasteiger partial charge < -0.3 is 14.6 Å². The van der Waals surface area contributed by atoms with Crippen molar-refractivity contribution in [3.05, 3.63) is 53.6 Å². The van der Waals surface area contributed by atoms with E-state index in [1.54, 1.807) is 33.0 Å². The van der Waals surface area contributed by atoms with Crippen LogP contribution in [0.5, 0.6) is 0 Å². The van der Waals surface area contributed by atoms with Crippen molar-refractivity contribution in [1.29, 1.82) is 0 Å². The predicted molar refractivity (Wildman–Crippen MR) is 116 cm³/mol. The maximum absolute atomic E-state index is 13.4. The molecule has 0 saturated carbocycles. The minimum absolute atomic E-state index is 0.100. The van der Waals surface area contributed by atoms with Crippen LogP contribution < -0.4 is 5.32 Å². The number of benzene rings is 1. The minimum atomic E-state index is -3.65. The number of rotatable bonds is 8. The Morgan fingerprint density at radius 1 is 1.19 bits per heavy atom. The molecule has 0 atom stereocenters. The summed E-state index contributed by atoms with van der Waals surface area (Å²) >= 11 is 0. The molecule has 2 heterocycles. The van der Waals surface area contributed by atoms with Crippen LogP contribution in [0.15, 0.2) is 41.4 Å². The quantitative estimate of drug-likeness (QED) is 0.669. The zero-order valence-electron chi connectivity index (χ0n) is 18.2. The maximum atomic E-state index is 13.4. The number of ether oxygens (including phenoxy) is 1. The van der Waals surface area contributed by atoms with E-state index in [2.05, 4.69) is 5.32 Å². The summed E-state index contributed by atoms with van der Waals surface area (Å²) in [6, 6.07) is 7.78. The van der Waals surface area contributed by atoms with Gasteiger partial charge in [-0.1, -0.05) is 26.0 Å². The highest BCUT2D eigenvalue weighted by molar-refractivity contribution is 7.89. The lowest BCUT2D eigenvalue weighted by atomic mass is 9.74. The van der Waals surface area contributed by atoms with E-state index in [0.29, 0.717) is 45.7 Å². The van der Waals surface area contributed by atoms with Crippen molar-refractivity contribution >= 4 is 15.9 Å². The monoisotopic (exact) mass is 451 g/mol. The van der Waals surface area contributed by atoms with Crippen molar-refractivity contribution in [2.75, 3.05) is 32.8 Å². The van der Waals surface area contributed by atoms with E-state index in [1.807, 2.05) is 0 Å². The number of amides is 1. The number of nitrogens with zero attached hydrogens (tertiary/aromatic N) is 2. The fraction of sp³-hybridized carbons (Fsp3) is 0.500. The molecule has 170 valence electrons. The highest BCUT2D eigenvalue weighted by Gasteiger charge is 2.35. The van der Waals surface area contributed by atoms with Crippen LogP contribution in [0.4, 0.5) is 4.39 Å². The van der Waals surface area contributed by atoms with Gasteiger partial charge in [0.15, 0.2) is 0 Å². The number of aryl methyl sites for hydroxylation is 1. The Hall–Kier alpha value is -2.23. The summed E-state index contributed by atoms with van der Waals surface area (Å²) in [7, 11) is -2.00. The van der Waals surface area contributed by atoms with Crippen LogP contribution in [-0.4, -0.2) is 56.0 Å². The van der Waals surface area contributed by atoms with Gasteiger partial charge in [-0.2, -0.15) is 4.31 Å². The van der Waals surface area contributed by atoms with Crippen LogP contribution in [0.1, 0.15) is 42.7 Å². The van der Waals surface area contributed by atoms with Crippen molar-refractivity contribution in [3.8, 4) is 0 Å². The molecule has 2 aromatic rings. The van der Waals surface area contributed by atoms with E-state index in [9.17, 15) is 17.6 Å². The Kier molecular flexibility index (Phi) is 7.18. The van der Waals surface area contributed by atoms with Gasteiger partial charge in [0.2, 0.25) is 10.0 Å². The average molecular weight is 452 g/mol. The van der Waals surface area contributed by atoms with Crippen LogP contribution in [0.3, 0.4) is 0 Å². The number of aromatic nitrogens is 1. The maximum Gasteiger partial charge on any atom is 0.267 e. The Balaban J connectivity index is 1.81. The van der Waals surface area contributed by atoms with Crippen LogP contribution in [0.2, 0.25) is 0 Å². The first-order valence-corrected chi connectivity index (χ1v) is 12.0. The molecule has 0 bridgehead atoms. The van der Waals surface area contributed by atoms with Gasteiger partial charge in [-0.05, 0) is 36.6 Å². The highest BCUT2D eigenvalue weighted by Crippen LogP contribution is 2.34. The van der Waals surface area contributed by atoms with Crippen molar-refractivity contribution in [2.24, 2.45) is 7.05 Å². The van der Waals surface area contributed by atoms with Gasteiger partial charge in [0.25, 0.3) is 5.91 Å². The summed E-state index contributed by atoms with van der Waals surface area (Å²) in [5.74, 6) is -0.655. The largest absolute Gasteiger partial charge is 0.381 e. The molecule has 0 aliphatic carbocycles. The Bertz CT molecular complexity index is 1010. The van der Waals surface area contributed by atoms with Gasteiger partial charge >= 0.3 is 0 Å². The van der Waals surface area contributed by atoms with Crippen LogP contribution in [0, 0.1) is 5.82 Å². The van der Waals surface area contributed by atoms with E-state index in [0.717, 1.165) is 5.56 Å². The lowest BCUT2D eigenvalue weighted by molar-refractivity contribution is 0.0486. The highest BCUT2D eigenvalue weighted by atomic mass is 32.2. The van der Waals surface area contributed by atoms with Crippen molar-refractivity contribution in [2.45, 2.75) is 37.0 Å². The smallest absolute Gasteiger partial charge is 0.267 e. The third kappa shape index (κ3) is 4.83. The normalized spacial score (nSPS) is 16.4. The minimum Gasteiger partial charge on any atom is -0.381 e. The fourth-order valence-electron chi connectivity index (χ4n) is 4.09. The second kappa shape index (κ2) is 9.50. The Morgan fingerprint density at radius 2 is 1.81 bits per heavy atom. The molecule has 0 unspecified atom stereocenters. The zero-order chi connectivity index (χ0) is 22.6. The van der Waals surface area contributed by atoms with Crippen LogP contribution in [-0.2, 0) is 27.2 Å². The molecule has 3 rings (SSSR count). The zero-order valence-corrected chi connectivity index (χ0v) is 19.0. The molecule has 1 N–H and O–H groups in total. The van der Waals surface area contributed by atoms with Gasteiger partial charge in [0.05, 0.1) is 0 Å². The van der Waals surface area contributed by atoms with Crippen LogP contribution >= 0.6 is 0 Å². The SMILES string of the molecule is CCN(CC)S(=O)(=O)c1cc(C(=O)NCC2(c3ccc(F)cc3)CCOCC2)n(C)c1. The molecule has 9 heteroatoms. The summed E-state index contributed by atoms with van der Waals surface area (Å²) in [5, 5.41) is 2.97. The second-order valence-corrected chi connectivity index (χ2v) is 9.78. The lowest BCUT2D eigenvalue weighted by Gasteiger charge is -2.38. The standard InChI is InChI=1S/C22H30FN3O4S/c1-4-26(5-2)31(28,29)19-14-20(25(3)15-19)21(27)24-16-22(10-12-30-13-11-22)17-6-8-18(23)9-7-17/h6-9,14-15H,4-5,10-13,16H2,1-3H3,(H,24,27). The molecule has 1 aromatic carbocycles. The van der Waals surface area contributed by atoms with Gasteiger partial charge in [-0.3, -0.25) is 4.79 Å². The van der Waals surface area contributed by atoms with E-state index in [-0.39, 0.29) is 27.7 Å². The summed E-state index contributed by atoms with van der Waals surface area (Å²) in [6.07, 6.45) is 2.87. The van der Waals surface area contributed by atoms with E-state index in [4.69, 9.17) is 4.74 Å². The van der Waals surface area contributed by atoms with Crippen molar-refractivity contribution in [3.63, 3.8) is 0 Å². The lowest BCUT2D eigenvalue weighted by Crippen LogP contribution is -2.44. The molecule has 0 spiro atoms. The predicted octanol–water partition coefficient (Wildman–Crippen LogP) is 2.67. The molecule has 1 aromatic heterocycles. The molecule has 1 aliphatic rings. The third-order valence-corrected chi connectivity index (χ3v) is 8.06. The van der Waals surface area contributed by atoms with Gasteiger partial charge in [-0.15, -0.1) is 0 Å². The molecular weight excluding hydrogens is 421 g/mol. The first-order valence-electron chi connectivity index (χ1n) is 10.5. The summed E-state index contributed by atoms with van der Waals surface area (Å²) < 4.78 is 47.4. The molecule has 7 nitrogen and oxygen atoms in total. The number of hydrogen-bond acceptors (Lipinski definition) is 4. The first kappa shape index (κ1) is 23.4. The first-order chi connectivity index (χ1) is 14.7. The molecular formula is C22H30FN3O4S.